The van der Waals surface area contributed by atoms with E-state index >= 15 is 0 Å². The number of rotatable bonds is 2. The van der Waals surface area contributed by atoms with E-state index in [9.17, 15) is 14.0 Å². The van der Waals surface area contributed by atoms with Crippen LogP contribution in [0.4, 0.5) is 4.39 Å². The monoisotopic (exact) mass is 240 g/mol. The highest BCUT2D eigenvalue weighted by molar-refractivity contribution is 6.31. The van der Waals surface area contributed by atoms with Crippen LogP contribution in [-0.2, 0) is 4.79 Å². The van der Waals surface area contributed by atoms with Crippen molar-refractivity contribution in [3.63, 3.8) is 0 Å². The van der Waals surface area contributed by atoms with Gasteiger partial charge in [-0.25, -0.2) is 4.39 Å². The van der Waals surface area contributed by atoms with Gasteiger partial charge in [0.05, 0.1) is 0 Å². The molecule has 16 heavy (non-hydrogen) atoms. The van der Waals surface area contributed by atoms with Crippen molar-refractivity contribution >= 4 is 23.2 Å². The highest BCUT2D eigenvalue weighted by Crippen LogP contribution is 2.27. The lowest BCUT2D eigenvalue weighted by atomic mass is 9.96. The fourth-order valence-corrected chi connectivity index (χ4v) is 2.19. The van der Waals surface area contributed by atoms with Crippen LogP contribution >= 0.6 is 11.6 Å². The molecule has 0 radical (unpaired) electrons. The zero-order valence-electron chi connectivity index (χ0n) is 8.50. The molecule has 1 aliphatic rings. The van der Waals surface area contributed by atoms with Crippen molar-refractivity contribution in [3.05, 3.63) is 34.6 Å². The van der Waals surface area contributed by atoms with E-state index in [1.54, 1.807) is 0 Å². The average molecular weight is 241 g/mol. The predicted molar refractivity (Wildman–Crippen MR) is 58.1 cm³/mol. The van der Waals surface area contributed by atoms with Crippen LogP contribution in [0.15, 0.2) is 18.2 Å². The summed E-state index contributed by atoms with van der Waals surface area (Å²) in [6.45, 7) is 0. The van der Waals surface area contributed by atoms with Crippen molar-refractivity contribution in [2.24, 2.45) is 5.92 Å². The SMILES string of the molecule is O=C1CCC(C(=O)c2cc(F)cc(Cl)c2)C1. The van der Waals surface area contributed by atoms with Gasteiger partial charge < -0.3 is 0 Å². The molecule has 1 fully saturated rings. The maximum Gasteiger partial charge on any atom is 0.166 e. The summed E-state index contributed by atoms with van der Waals surface area (Å²) in [6.07, 6.45) is 1.28. The maximum atomic E-state index is 13.0. The van der Waals surface area contributed by atoms with E-state index < -0.39 is 5.82 Å². The van der Waals surface area contributed by atoms with Crippen molar-refractivity contribution in [3.8, 4) is 0 Å². The van der Waals surface area contributed by atoms with E-state index in [0.29, 0.717) is 12.8 Å². The van der Waals surface area contributed by atoms with Gasteiger partial charge in [0, 0.05) is 29.3 Å². The molecule has 1 aromatic rings. The van der Waals surface area contributed by atoms with E-state index in [1.807, 2.05) is 0 Å². The summed E-state index contributed by atoms with van der Waals surface area (Å²) < 4.78 is 13.0. The van der Waals surface area contributed by atoms with Gasteiger partial charge in [-0.3, -0.25) is 9.59 Å². The average Bonchev–Trinajstić information content (AvgIpc) is 2.62. The van der Waals surface area contributed by atoms with Crippen molar-refractivity contribution in [2.45, 2.75) is 19.3 Å². The molecule has 2 rings (SSSR count). The van der Waals surface area contributed by atoms with Crippen LogP contribution < -0.4 is 0 Å². The summed E-state index contributed by atoms with van der Waals surface area (Å²) in [5.41, 5.74) is 0.254. The van der Waals surface area contributed by atoms with Crippen LogP contribution in [0.25, 0.3) is 0 Å². The van der Waals surface area contributed by atoms with Crippen LogP contribution in [0.3, 0.4) is 0 Å². The van der Waals surface area contributed by atoms with Gasteiger partial charge in [0.15, 0.2) is 5.78 Å². The largest absolute Gasteiger partial charge is 0.300 e. The molecule has 0 bridgehead atoms. The van der Waals surface area contributed by atoms with Gasteiger partial charge in [0.2, 0.25) is 0 Å². The fourth-order valence-electron chi connectivity index (χ4n) is 1.97. The topological polar surface area (TPSA) is 34.1 Å². The van der Waals surface area contributed by atoms with Gasteiger partial charge in [-0.2, -0.15) is 0 Å². The summed E-state index contributed by atoms with van der Waals surface area (Å²) in [4.78, 5) is 23.0. The molecular formula is C12H10ClFO2. The van der Waals surface area contributed by atoms with E-state index in [4.69, 9.17) is 11.6 Å². The first-order valence-electron chi connectivity index (χ1n) is 5.08. The Kier molecular flexibility index (Phi) is 3.06. The minimum Gasteiger partial charge on any atom is -0.300 e. The van der Waals surface area contributed by atoms with Crippen LogP contribution in [0.5, 0.6) is 0 Å². The third kappa shape index (κ3) is 2.30. The van der Waals surface area contributed by atoms with Crippen LogP contribution in [-0.4, -0.2) is 11.6 Å². The minimum absolute atomic E-state index is 0.0980. The minimum atomic E-state index is -0.528. The number of halogens is 2. The number of Topliss-reactive ketones (excluding diaryl/α,β-unsaturated/α-hetero) is 2. The second-order valence-corrected chi connectivity index (χ2v) is 4.44. The van der Waals surface area contributed by atoms with Gasteiger partial charge >= 0.3 is 0 Å². The van der Waals surface area contributed by atoms with Crippen LogP contribution in [0.1, 0.15) is 29.6 Å². The highest BCUT2D eigenvalue weighted by Gasteiger charge is 2.29. The Morgan fingerprint density at radius 3 is 2.69 bits per heavy atom. The molecule has 84 valence electrons. The number of hydrogen-bond donors (Lipinski definition) is 0. The summed E-state index contributed by atoms with van der Waals surface area (Å²) in [5, 5.41) is 0.202. The van der Waals surface area contributed by atoms with E-state index in [1.165, 1.54) is 6.07 Å². The molecule has 1 aromatic carbocycles. The van der Waals surface area contributed by atoms with Gasteiger partial charge in [-0.15, -0.1) is 0 Å². The van der Waals surface area contributed by atoms with E-state index in [0.717, 1.165) is 12.1 Å². The molecule has 4 heteroatoms. The van der Waals surface area contributed by atoms with Crippen LogP contribution in [0, 0.1) is 11.7 Å². The second kappa shape index (κ2) is 4.34. The Balaban J connectivity index is 2.23. The van der Waals surface area contributed by atoms with Crippen molar-refractivity contribution in [1.82, 2.24) is 0 Å². The Hall–Kier alpha value is -1.22. The molecule has 1 aliphatic carbocycles. The number of carbonyl (C=O) groups excluding carboxylic acids is 2. The summed E-state index contributed by atoms with van der Waals surface area (Å²) >= 11 is 5.67. The summed E-state index contributed by atoms with van der Waals surface area (Å²) in [7, 11) is 0. The van der Waals surface area contributed by atoms with Crippen molar-refractivity contribution in [1.29, 1.82) is 0 Å². The third-order valence-electron chi connectivity index (χ3n) is 2.76. The Bertz CT molecular complexity index is 436. The van der Waals surface area contributed by atoms with Gasteiger partial charge in [0.1, 0.15) is 11.6 Å². The molecule has 2 nitrogen and oxygen atoms in total. The second-order valence-electron chi connectivity index (χ2n) is 4.00. The molecule has 1 saturated carbocycles. The van der Waals surface area contributed by atoms with Gasteiger partial charge in [-0.05, 0) is 24.6 Å². The molecule has 0 heterocycles. The Labute approximate surface area is 97.4 Å². The summed E-state index contributed by atoms with van der Waals surface area (Å²) in [5.74, 6) is -0.918. The Morgan fingerprint density at radius 2 is 2.12 bits per heavy atom. The van der Waals surface area contributed by atoms with E-state index in [2.05, 4.69) is 0 Å². The molecule has 0 saturated heterocycles. The molecule has 0 amide bonds. The molecule has 1 unspecified atom stereocenters. The van der Waals surface area contributed by atoms with Crippen molar-refractivity contribution in [2.75, 3.05) is 0 Å². The third-order valence-corrected chi connectivity index (χ3v) is 2.98. The molecule has 0 spiro atoms. The zero-order valence-corrected chi connectivity index (χ0v) is 9.26. The molecule has 0 N–H and O–H groups in total. The molecule has 0 aliphatic heterocycles. The predicted octanol–water partition coefficient (Wildman–Crippen LogP) is 3.03. The zero-order chi connectivity index (χ0) is 11.7. The maximum absolute atomic E-state index is 13.0. The number of hydrogen-bond acceptors (Lipinski definition) is 2. The number of ketones is 2. The first kappa shape index (κ1) is 11.3. The summed E-state index contributed by atoms with van der Waals surface area (Å²) in [6, 6.07) is 3.75. The molecular weight excluding hydrogens is 231 g/mol. The van der Waals surface area contributed by atoms with Gasteiger partial charge in [-0.1, -0.05) is 11.6 Å². The fraction of sp³-hybridized carbons (Fsp3) is 0.333. The highest BCUT2D eigenvalue weighted by atomic mass is 35.5. The lowest BCUT2D eigenvalue weighted by molar-refractivity contribution is -0.117. The Morgan fingerprint density at radius 1 is 1.38 bits per heavy atom. The lowest BCUT2D eigenvalue weighted by Crippen LogP contribution is -2.12. The van der Waals surface area contributed by atoms with Gasteiger partial charge in [0.25, 0.3) is 0 Å². The molecule has 0 aromatic heterocycles. The quantitative estimate of drug-likeness (QED) is 0.745. The number of carbonyl (C=O) groups is 2. The first-order valence-corrected chi connectivity index (χ1v) is 5.46. The first-order chi connectivity index (χ1) is 7.56. The normalized spacial score (nSPS) is 20.1. The smallest absolute Gasteiger partial charge is 0.166 e. The van der Waals surface area contributed by atoms with E-state index in [-0.39, 0.29) is 34.5 Å². The lowest BCUT2D eigenvalue weighted by Gasteiger charge is -2.07. The standard InChI is InChI=1S/C12H10ClFO2/c13-9-3-8(4-10(14)6-9)12(16)7-1-2-11(15)5-7/h3-4,6-7H,1-2,5H2. The van der Waals surface area contributed by atoms with Crippen molar-refractivity contribution < 1.29 is 14.0 Å². The van der Waals surface area contributed by atoms with Crippen LogP contribution in [0.2, 0.25) is 5.02 Å². The number of benzene rings is 1. The molecule has 1 atom stereocenters.